The molecule has 38 heavy (non-hydrogen) atoms. The van der Waals surface area contributed by atoms with E-state index in [1.54, 1.807) is 48.5 Å². The number of hydrogen-bond acceptors (Lipinski definition) is 4. The Labute approximate surface area is 229 Å². The summed E-state index contributed by atoms with van der Waals surface area (Å²) in [6.07, 6.45) is 0.527. The number of nitrogens with zero attached hydrogens (tertiary/aromatic N) is 1. The third-order valence-corrected chi connectivity index (χ3v) is 8.55. The summed E-state index contributed by atoms with van der Waals surface area (Å²) in [5.41, 5.74) is 2.82. The highest BCUT2D eigenvalue weighted by Crippen LogP contribution is 2.35. The molecule has 5 rings (SSSR count). The maximum atomic E-state index is 13.4. The van der Waals surface area contributed by atoms with Crippen LogP contribution in [0.25, 0.3) is 11.1 Å². The van der Waals surface area contributed by atoms with E-state index < -0.39 is 21.9 Å². The lowest BCUT2D eigenvalue weighted by atomic mass is 10.0. The molecule has 0 aliphatic carbocycles. The molecule has 0 fully saturated rings. The van der Waals surface area contributed by atoms with Gasteiger partial charge in [0.2, 0.25) is 0 Å². The summed E-state index contributed by atoms with van der Waals surface area (Å²) in [6.45, 7) is 0.260. The van der Waals surface area contributed by atoms with Gasteiger partial charge in [0.05, 0.1) is 21.8 Å². The Morgan fingerprint density at radius 2 is 1.55 bits per heavy atom. The molecule has 10 heteroatoms. The van der Waals surface area contributed by atoms with Gasteiger partial charge in [-0.25, -0.2) is 13.2 Å². The van der Waals surface area contributed by atoms with Gasteiger partial charge in [-0.2, -0.15) is 0 Å². The SMILES string of the molecule is O=C(Nc1ccc(-c2ccc(Cl)cc2)cc1C(=O)O)c1cccc(S(=O)(=O)N2CCc3cc(Cl)ccc32)c1. The summed E-state index contributed by atoms with van der Waals surface area (Å²) >= 11 is 12.0. The highest BCUT2D eigenvalue weighted by molar-refractivity contribution is 7.92. The Morgan fingerprint density at radius 1 is 0.842 bits per heavy atom. The van der Waals surface area contributed by atoms with Gasteiger partial charge < -0.3 is 10.4 Å². The molecule has 0 spiro atoms. The lowest BCUT2D eigenvalue weighted by Crippen LogP contribution is -2.29. The molecule has 4 aromatic carbocycles. The average Bonchev–Trinajstić information content (AvgIpc) is 3.33. The Bertz CT molecular complexity index is 1690. The number of hydrogen-bond donors (Lipinski definition) is 2. The zero-order valence-electron chi connectivity index (χ0n) is 19.7. The van der Waals surface area contributed by atoms with Crippen LogP contribution >= 0.6 is 23.2 Å². The van der Waals surface area contributed by atoms with Gasteiger partial charge in [0.15, 0.2) is 0 Å². The second kappa shape index (κ2) is 10.1. The molecule has 0 saturated carbocycles. The van der Waals surface area contributed by atoms with E-state index in [0.29, 0.717) is 27.7 Å². The smallest absolute Gasteiger partial charge is 0.337 e. The van der Waals surface area contributed by atoms with Crippen LogP contribution in [0.15, 0.2) is 89.8 Å². The van der Waals surface area contributed by atoms with Gasteiger partial charge in [-0.1, -0.05) is 47.5 Å². The van der Waals surface area contributed by atoms with Crippen LogP contribution in [0, 0.1) is 0 Å². The number of carbonyl (C=O) groups is 2. The maximum Gasteiger partial charge on any atom is 0.337 e. The molecule has 1 aliphatic rings. The van der Waals surface area contributed by atoms with Crippen LogP contribution in [0.4, 0.5) is 11.4 Å². The lowest BCUT2D eigenvalue weighted by molar-refractivity contribution is 0.0698. The summed E-state index contributed by atoms with van der Waals surface area (Å²) in [4.78, 5) is 25.0. The number of amides is 1. The van der Waals surface area contributed by atoms with Crippen molar-refractivity contribution in [2.75, 3.05) is 16.2 Å². The molecule has 1 aliphatic heterocycles. The molecule has 2 N–H and O–H groups in total. The van der Waals surface area contributed by atoms with E-state index in [9.17, 15) is 23.1 Å². The molecule has 192 valence electrons. The molecular formula is C28H20Cl2N2O5S. The van der Waals surface area contributed by atoms with Gasteiger partial charge in [-0.05, 0) is 83.8 Å². The first-order valence-corrected chi connectivity index (χ1v) is 13.7. The molecule has 0 bridgehead atoms. The number of anilines is 2. The van der Waals surface area contributed by atoms with Crippen molar-refractivity contribution in [1.82, 2.24) is 0 Å². The van der Waals surface area contributed by atoms with Crippen LogP contribution in [-0.4, -0.2) is 31.9 Å². The number of carboxylic acid groups (broad SMARTS) is 1. The van der Waals surface area contributed by atoms with Crippen molar-refractivity contribution in [3.8, 4) is 11.1 Å². The van der Waals surface area contributed by atoms with Crippen LogP contribution in [-0.2, 0) is 16.4 Å². The van der Waals surface area contributed by atoms with E-state index in [-0.39, 0.29) is 28.3 Å². The zero-order valence-corrected chi connectivity index (χ0v) is 22.0. The van der Waals surface area contributed by atoms with E-state index in [4.69, 9.17) is 23.2 Å². The minimum Gasteiger partial charge on any atom is -0.478 e. The van der Waals surface area contributed by atoms with Crippen molar-refractivity contribution in [2.24, 2.45) is 0 Å². The van der Waals surface area contributed by atoms with Crippen molar-refractivity contribution in [3.63, 3.8) is 0 Å². The standard InChI is InChI=1S/C28H20Cl2N2O5S/c29-21-7-4-17(5-8-21)18-6-10-25(24(16-18)28(34)35)31-27(33)20-2-1-3-23(15-20)38(36,37)32-13-12-19-14-22(30)9-11-26(19)32/h1-11,14-16H,12-13H2,(H,31,33)(H,34,35). The largest absolute Gasteiger partial charge is 0.478 e. The highest BCUT2D eigenvalue weighted by Gasteiger charge is 2.31. The minimum atomic E-state index is -3.95. The Balaban J connectivity index is 1.42. The summed E-state index contributed by atoms with van der Waals surface area (Å²) in [6, 6.07) is 22.3. The highest BCUT2D eigenvalue weighted by atomic mass is 35.5. The zero-order chi connectivity index (χ0) is 27.0. The summed E-state index contributed by atoms with van der Waals surface area (Å²) in [5, 5.41) is 13.5. The molecule has 1 heterocycles. The molecule has 7 nitrogen and oxygen atoms in total. The van der Waals surface area contributed by atoms with E-state index in [0.717, 1.165) is 11.1 Å². The maximum absolute atomic E-state index is 13.4. The average molecular weight is 567 g/mol. The van der Waals surface area contributed by atoms with Crippen molar-refractivity contribution in [2.45, 2.75) is 11.3 Å². The molecule has 0 unspecified atom stereocenters. The van der Waals surface area contributed by atoms with Crippen molar-refractivity contribution < 1.29 is 23.1 Å². The third-order valence-electron chi connectivity index (χ3n) is 6.25. The number of carbonyl (C=O) groups excluding carboxylic acids is 1. The van der Waals surface area contributed by atoms with E-state index in [1.807, 2.05) is 0 Å². The molecule has 0 aromatic heterocycles. The Hall–Kier alpha value is -3.85. The number of benzene rings is 4. The number of sulfonamides is 1. The third kappa shape index (κ3) is 4.98. The van der Waals surface area contributed by atoms with Gasteiger partial charge in [-0.15, -0.1) is 0 Å². The number of rotatable bonds is 6. The lowest BCUT2D eigenvalue weighted by Gasteiger charge is -2.20. The molecule has 4 aromatic rings. The number of fused-ring (bicyclic) bond motifs is 1. The predicted molar refractivity (Wildman–Crippen MR) is 148 cm³/mol. The fourth-order valence-corrected chi connectivity index (χ4v) is 6.23. The summed E-state index contributed by atoms with van der Waals surface area (Å²) in [5.74, 6) is -1.86. The summed E-state index contributed by atoms with van der Waals surface area (Å²) in [7, 11) is -3.95. The van der Waals surface area contributed by atoms with Crippen LogP contribution in [0.1, 0.15) is 26.3 Å². The number of halogens is 2. The number of nitrogens with one attached hydrogen (secondary N) is 1. The second-order valence-corrected chi connectivity index (χ2v) is 11.4. The van der Waals surface area contributed by atoms with Crippen LogP contribution in [0.3, 0.4) is 0 Å². The predicted octanol–water partition coefficient (Wildman–Crippen LogP) is 6.36. The van der Waals surface area contributed by atoms with Gasteiger partial charge in [0.25, 0.3) is 15.9 Å². The number of carboxylic acids is 1. The van der Waals surface area contributed by atoms with Crippen LogP contribution < -0.4 is 9.62 Å². The van der Waals surface area contributed by atoms with Gasteiger partial charge in [0, 0.05) is 22.2 Å². The molecular weight excluding hydrogens is 547 g/mol. The summed E-state index contributed by atoms with van der Waals surface area (Å²) < 4.78 is 28.2. The quantitative estimate of drug-likeness (QED) is 0.282. The fraction of sp³-hybridized carbons (Fsp3) is 0.0714. The first-order chi connectivity index (χ1) is 18.1. The Morgan fingerprint density at radius 3 is 2.29 bits per heavy atom. The van der Waals surface area contributed by atoms with E-state index in [2.05, 4.69) is 5.32 Å². The van der Waals surface area contributed by atoms with Gasteiger partial charge >= 0.3 is 5.97 Å². The second-order valence-electron chi connectivity index (χ2n) is 8.65. The first kappa shape index (κ1) is 25.8. The van der Waals surface area contributed by atoms with E-state index >= 15 is 0 Å². The number of aromatic carboxylic acids is 1. The fourth-order valence-electron chi connectivity index (χ4n) is 4.36. The van der Waals surface area contributed by atoms with Crippen molar-refractivity contribution >= 4 is 56.5 Å². The van der Waals surface area contributed by atoms with Crippen LogP contribution in [0.5, 0.6) is 0 Å². The minimum absolute atomic E-state index is 0.0514. The molecule has 0 saturated heterocycles. The van der Waals surface area contributed by atoms with Crippen LogP contribution in [0.2, 0.25) is 10.0 Å². The van der Waals surface area contributed by atoms with Gasteiger partial charge in [0.1, 0.15) is 0 Å². The topological polar surface area (TPSA) is 104 Å². The molecule has 0 radical (unpaired) electrons. The molecule has 1 amide bonds. The first-order valence-electron chi connectivity index (χ1n) is 11.5. The normalized spacial score (nSPS) is 12.7. The molecule has 0 atom stereocenters. The van der Waals surface area contributed by atoms with Crippen molar-refractivity contribution in [3.05, 3.63) is 112 Å². The van der Waals surface area contributed by atoms with E-state index in [1.165, 1.54) is 40.7 Å². The monoisotopic (exact) mass is 566 g/mol. The van der Waals surface area contributed by atoms with Crippen molar-refractivity contribution in [1.29, 1.82) is 0 Å². The van der Waals surface area contributed by atoms with Gasteiger partial charge in [-0.3, -0.25) is 9.10 Å². The Kier molecular flexibility index (Phi) is 6.88.